The van der Waals surface area contributed by atoms with Crippen molar-refractivity contribution in [2.45, 2.75) is 6.04 Å². The molecule has 3 rings (SSSR count). The molecule has 0 spiro atoms. The highest BCUT2D eigenvalue weighted by Crippen LogP contribution is 2.35. The van der Waals surface area contributed by atoms with Crippen LogP contribution in [0.5, 0.6) is 0 Å². The molecule has 1 N–H and O–H groups in total. The van der Waals surface area contributed by atoms with Crippen LogP contribution in [0.4, 0.5) is 5.69 Å². The lowest BCUT2D eigenvalue weighted by Crippen LogP contribution is -2.21. The first-order valence-corrected chi connectivity index (χ1v) is 6.02. The average Bonchev–Trinajstić information content (AvgIpc) is 2.46. The molecule has 0 unspecified atom stereocenters. The molecule has 0 radical (unpaired) electrons. The third-order valence-electron chi connectivity index (χ3n) is 3.20. The van der Waals surface area contributed by atoms with E-state index in [0.29, 0.717) is 0 Å². The van der Waals surface area contributed by atoms with Crippen molar-refractivity contribution >= 4 is 11.8 Å². The Kier molecular flexibility index (Phi) is 2.76. The van der Waals surface area contributed by atoms with Crippen LogP contribution < -0.4 is 5.32 Å². The van der Waals surface area contributed by atoms with Crippen molar-refractivity contribution in [1.82, 2.24) is 0 Å². The zero-order valence-electron chi connectivity index (χ0n) is 10.1. The number of hydrogen-bond acceptors (Lipinski definition) is 3. The minimum Gasteiger partial charge on any atom is -0.368 e. The first-order valence-electron chi connectivity index (χ1n) is 6.02. The molecule has 4 heteroatoms. The molecule has 19 heavy (non-hydrogen) atoms. The Labute approximate surface area is 110 Å². The second-order valence-electron chi connectivity index (χ2n) is 4.40. The fraction of sp³-hybridized carbons (Fsp3) is 0.0667. The first-order chi connectivity index (χ1) is 9.25. The van der Waals surface area contributed by atoms with Crippen LogP contribution in [-0.2, 0) is 0 Å². The van der Waals surface area contributed by atoms with Gasteiger partial charge in [0.25, 0.3) is 5.70 Å². The number of rotatable bonds is 2. The van der Waals surface area contributed by atoms with Crippen molar-refractivity contribution in [1.29, 1.82) is 0 Å². The molecule has 0 saturated heterocycles. The normalized spacial score (nSPS) is 17.1. The Morgan fingerprint density at radius 2 is 1.68 bits per heavy atom. The minimum atomic E-state index is -0.411. The molecule has 4 nitrogen and oxygen atoms in total. The highest BCUT2D eigenvalue weighted by molar-refractivity contribution is 5.72. The summed E-state index contributed by atoms with van der Waals surface area (Å²) in [4.78, 5) is 10.9. The van der Waals surface area contributed by atoms with Gasteiger partial charge in [-0.15, -0.1) is 0 Å². The van der Waals surface area contributed by atoms with Gasteiger partial charge in [0, 0.05) is 17.3 Å². The largest absolute Gasteiger partial charge is 0.368 e. The molecule has 1 atom stereocenters. The predicted octanol–water partition coefficient (Wildman–Crippen LogP) is 3.47. The molecule has 2 aromatic rings. The molecule has 94 valence electrons. The quantitative estimate of drug-likeness (QED) is 0.657. The summed E-state index contributed by atoms with van der Waals surface area (Å²) in [5.74, 6) is 0. The molecule has 0 saturated carbocycles. The predicted molar refractivity (Wildman–Crippen MR) is 74.2 cm³/mol. The van der Waals surface area contributed by atoms with Crippen molar-refractivity contribution < 1.29 is 4.92 Å². The minimum absolute atomic E-state index is 0.171. The second-order valence-corrected chi connectivity index (χ2v) is 4.40. The van der Waals surface area contributed by atoms with Gasteiger partial charge in [-0.05, 0) is 11.6 Å². The molecule has 1 heterocycles. The van der Waals surface area contributed by atoms with E-state index in [1.807, 2.05) is 54.6 Å². The van der Waals surface area contributed by atoms with E-state index in [1.54, 1.807) is 6.08 Å². The van der Waals surface area contributed by atoms with E-state index in [4.69, 9.17) is 0 Å². The number of hydrogen-bond donors (Lipinski definition) is 1. The first kappa shape index (κ1) is 11.5. The molecule has 0 fully saturated rings. The molecule has 0 aliphatic carbocycles. The van der Waals surface area contributed by atoms with Crippen molar-refractivity contribution in [3.8, 4) is 0 Å². The third-order valence-corrected chi connectivity index (χ3v) is 3.20. The van der Waals surface area contributed by atoms with Crippen LogP contribution in [0.15, 0.2) is 60.3 Å². The van der Waals surface area contributed by atoms with Crippen molar-refractivity contribution in [3.63, 3.8) is 0 Å². The highest BCUT2D eigenvalue weighted by atomic mass is 16.6. The molecule has 0 aromatic heterocycles. The zero-order chi connectivity index (χ0) is 13.2. The van der Waals surface area contributed by atoms with Crippen LogP contribution in [0.1, 0.15) is 17.2 Å². The Morgan fingerprint density at radius 1 is 1.00 bits per heavy atom. The second kappa shape index (κ2) is 4.57. The summed E-state index contributed by atoms with van der Waals surface area (Å²) in [5.41, 5.74) is 2.83. The van der Waals surface area contributed by atoms with Crippen molar-refractivity contribution in [2.24, 2.45) is 0 Å². The van der Waals surface area contributed by atoms with Crippen LogP contribution >= 0.6 is 0 Å². The van der Waals surface area contributed by atoms with Gasteiger partial charge in [0.1, 0.15) is 6.04 Å². The van der Waals surface area contributed by atoms with Crippen LogP contribution in [0.25, 0.3) is 6.08 Å². The lowest BCUT2D eigenvalue weighted by Gasteiger charge is -2.23. The Bertz CT molecular complexity index is 650. The summed E-state index contributed by atoms with van der Waals surface area (Å²) in [6.07, 6.45) is 1.64. The summed E-state index contributed by atoms with van der Waals surface area (Å²) in [7, 11) is 0. The number of fused-ring (bicyclic) bond motifs is 1. The van der Waals surface area contributed by atoms with Gasteiger partial charge in [0.15, 0.2) is 0 Å². The summed E-state index contributed by atoms with van der Waals surface area (Å²) >= 11 is 0. The van der Waals surface area contributed by atoms with E-state index in [-0.39, 0.29) is 10.6 Å². The van der Waals surface area contributed by atoms with Gasteiger partial charge in [-0.25, -0.2) is 0 Å². The Morgan fingerprint density at radius 3 is 2.42 bits per heavy atom. The van der Waals surface area contributed by atoms with Gasteiger partial charge in [0.2, 0.25) is 0 Å². The fourth-order valence-electron chi connectivity index (χ4n) is 2.28. The maximum Gasteiger partial charge on any atom is 0.273 e. The SMILES string of the molecule is O=[N+]([O-])C1=Cc2ccccc2N[C@H]1c1ccccc1. The van der Waals surface area contributed by atoms with E-state index < -0.39 is 6.04 Å². The topological polar surface area (TPSA) is 55.2 Å². The van der Waals surface area contributed by atoms with Crippen molar-refractivity contribution in [3.05, 3.63) is 81.5 Å². The molecular weight excluding hydrogens is 240 g/mol. The maximum absolute atomic E-state index is 11.2. The molecule has 1 aliphatic heterocycles. The van der Waals surface area contributed by atoms with Crippen LogP contribution in [-0.4, -0.2) is 4.92 Å². The highest BCUT2D eigenvalue weighted by Gasteiger charge is 2.30. The fourth-order valence-corrected chi connectivity index (χ4v) is 2.28. The Hall–Kier alpha value is -2.62. The lowest BCUT2D eigenvalue weighted by molar-refractivity contribution is -0.427. The number of nitrogens with zero attached hydrogens (tertiary/aromatic N) is 1. The number of benzene rings is 2. The molecule has 0 bridgehead atoms. The summed E-state index contributed by atoms with van der Waals surface area (Å²) < 4.78 is 0. The van der Waals surface area contributed by atoms with Gasteiger partial charge in [-0.2, -0.15) is 0 Å². The molecule has 2 aromatic carbocycles. The summed E-state index contributed by atoms with van der Waals surface area (Å²) in [6.45, 7) is 0. The van der Waals surface area contributed by atoms with E-state index in [9.17, 15) is 10.1 Å². The van der Waals surface area contributed by atoms with Gasteiger partial charge >= 0.3 is 0 Å². The summed E-state index contributed by atoms with van der Waals surface area (Å²) in [5, 5.41) is 14.5. The number of nitro groups is 1. The average molecular weight is 252 g/mol. The van der Waals surface area contributed by atoms with Crippen LogP contribution in [0.3, 0.4) is 0 Å². The Balaban J connectivity index is 2.10. The van der Waals surface area contributed by atoms with E-state index in [2.05, 4.69) is 5.32 Å². The monoisotopic (exact) mass is 252 g/mol. The van der Waals surface area contributed by atoms with Crippen molar-refractivity contribution in [2.75, 3.05) is 5.32 Å². The van der Waals surface area contributed by atoms with Gasteiger partial charge in [-0.1, -0.05) is 48.5 Å². The molecular formula is C15H12N2O2. The van der Waals surface area contributed by atoms with E-state index >= 15 is 0 Å². The van der Waals surface area contributed by atoms with Crippen LogP contribution in [0.2, 0.25) is 0 Å². The van der Waals surface area contributed by atoms with E-state index in [0.717, 1.165) is 16.8 Å². The maximum atomic E-state index is 11.2. The van der Waals surface area contributed by atoms with Gasteiger partial charge in [0.05, 0.1) is 4.92 Å². The number of nitrogens with one attached hydrogen (secondary N) is 1. The van der Waals surface area contributed by atoms with Crippen LogP contribution in [0, 0.1) is 10.1 Å². The molecule has 0 amide bonds. The standard InChI is InChI=1S/C15H12N2O2/c18-17(19)14-10-12-8-4-5-9-13(12)16-15(14)11-6-2-1-3-7-11/h1-10,15-16H/t15-/m0/s1. The smallest absolute Gasteiger partial charge is 0.273 e. The number of para-hydroxylation sites is 1. The summed E-state index contributed by atoms with van der Waals surface area (Å²) in [6, 6.07) is 16.6. The van der Waals surface area contributed by atoms with E-state index in [1.165, 1.54) is 0 Å². The molecule has 1 aliphatic rings. The van der Waals surface area contributed by atoms with Gasteiger partial charge < -0.3 is 5.32 Å². The zero-order valence-corrected chi connectivity index (χ0v) is 10.1. The van der Waals surface area contributed by atoms with Gasteiger partial charge in [-0.3, -0.25) is 10.1 Å². The number of anilines is 1. The lowest BCUT2D eigenvalue weighted by atomic mass is 9.97. The third kappa shape index (κ3) is 2.08.